The summed E-state index contributed by atoms with van der Waals surface area (Å²) in [5.74, 6) is -0.543. The van der Waals surface area contributed by atoms with Crippen LogP contribution in [-0.2, 0) is 16.6 Å². The molecule has 1 N–H and O–H groups in total. The van der Waals surface area contributed by atoms with Gasteiger partial charge in [-0.2, -0.15) is 0 Å². The maximum atomic E-state index is 11.1. The Hall–Kier alpha value is -1.15. The Labute approximate surface area is 90.8 Å². The lowest BCUT2D eigenvalue weighted by atomic mass is 10.1. The van der Waals surface area contributed by atoms with Gasteiger partial charge in [0.15, 0.2) is 5.60 Å². The van der Waals surface area contributed by atoms with E-state index in [9.17, 15) is 9.90 Å². The Morgan fingerprint density at radius 2 is 2.40 bits per heavy atom. The van der Waals surface area contributed by atoms with Crippen molar-refractivity contribution in [3.63, 3.8) is 0 Å². The van der Waals surface area contributed by atoms with Crippen LogP contribution in [0.1, 0.15) is 6.92 Å². The molecule has 0 aliphatic heterocycles. The molecule has 15 heavy (non-hydrogen) atoms. The van der Waals surface area contributed by atoms with Crippen molar-refractivity contribution in [3.8, 4) is 0 Å². The second kappa shape index (κ2) is 4.58. The van der Waals surface area contributed by atoms with Crippen LogP contribution >= 0.6 is 11.8 Å². The average Bonchev–Trinajstić information content (AvgIpc) is 2.60. The summed E-state index contributed by atoms with van der Waals surface area (Å²) in [6, 6.07) is 0. The first kappa shape index (κ1) is 11.9. The van der Waals surface area contributed by atoms with Crippen LogP contribution in [0.4, 0.5) is 0 Å². The van der Waals surface area contributed by atoms with E-state index in [0.717, 1.165) is 0 Å². The van der Waals surface area contributed by atoms with Gasteiger partial charge in [0, 0.05) is 12.8 Å². The van der Waals surface area contributed by atoms with Crippen molar-refractivity contribution in [3.05, 3.63) is 0 Å². The first-order valence-corrected chi connectivity index (χ1v) is 5.12. The van der Waals surface area contributed by atoms with E-state index in [4.69, 9.17) is 0 Å². The maximum Gasteiger partial charge on any atom is 0.338 e. The molecule has 1 rings (SSSR count). The van der Waals surface area contributed by atoms with Crippen LogP contribution in [-0.4, -0.2) is 49.7 Å². The fraction of sp³-hybridized carbons (Fsp3) is 0.714. The summed E-state index contributed by atoms with van der Waals surface area (Å²) in [7, 11) is 2.90. The number of carbonyl (C=O) groups excluding carboxylic acids is 1. The largest absolute Gasteiger partial charge is 0.467 e. The molecule has 0 aromatic carbocycles. The number of nitrogens with zero attached hydrogens (tertiary/aromatic N) is 4. The molecule has 0 aliphatic rings. The van der Waals surface area contributed by atoms with Gasteiger partial charge in [0.2, 0.25) is 5.16 Å². The number of tetrazole rings is 1. The summed E-state index contributed by atoms with van der Waals surface area (Å²) in [5.41, 5.74) is -1.54. The number of aliphatic hydroxyl groups is 1. The lowest BCUT2D eigenvalue weighted by Gasteiger charge is -2.18. The highest BCUT2D eigenvalue weighted by Gasteiger charge is 2.32. The molecule has 0 saturated carbocycles. The third kappa shape index (κ3) is 2.90. The van der Waals surface area contributed by atoms with Gasteiger partial charge in [-0.05, 0) is 17.4 Å². The number of ether oxygens (including phenoxy) is 1. The van der Waals surface area contributed by atoms with Crippen LogP contribution in [0.2, 0.25) is 0 Å². The zero-order chi connectivity index (χ0) is 11.5. The van der Waals surface area contributed by atoms with Gasteiger partial charge < -0.3 is 9.84 Å². The smallest absolute Gasteiger partial charge is 0.338 e. The van der Waals surface area contributed by atoms with Crippen molar-refractivity contribution < 1.29 is 14.6 Å². The fourth-order valence-corrected chi connectivity index (χ4v) is 1.67. The number of aromatic nitrogens is 4. The average molecular weight is 232 g/mol. The van der Waals surface area contributed by atoms with Gasteiger partial charge in [-0.1, -0.05) is 11.8 Å². The second-order valence-electron chi connectivity index (χ2n) is 3.14. The molecule has 0 aliphatic carbocycles. The lowest BCUT2D eigenvalue weighted by molar-refractivity contribution is -0.158. The summed E-state index contributed by atoms with van der Waals surface area (Å²) in [4.78, 5) is 11.1. The SMILES string of the molecule is COC(=O)C(C)(O)CSc1nnnn1C. The summed E-state index contributed by atoms with van der Waals surface area (Å²) in [5, 5.41) is 21.0. The first-order valence-electron chi connectivity index (χ1n) is 4.13. The van der Waals surface area contributed by atoms with Crippen molar-refractivity contribution in [2.45, 2.75) is 17.7 Å². The molecule has 8 heteroatoms. The molecule has 1 aromatic heterocycles. The fourth-order valence-electron chi connectivity index (χ4n) is 0.827. The summed E-state index contributed by atoms with van der Waals surface area (Å²) >= 11 is 1.18. The van der Waals surface area contributed by atoms with Crippen LogP contribution in [0.25, 0.3) is 0 Å². The molecule has 0 bridgehead atoms. The zero-order valence-electron chi connectivity index (χ0n) is 8.67. The Balaban J connectivity index is 2.57. The molecule has 1 unspecified atom stereocenters. The number of hydrogen-bond acceptors (Lipinski definition) is 7. The van der Waals surface area contributed by atoms with E-state index in [1.807, 2.05) is 0 Å². The molecule has 0 saturated heterocycles. The summed E-state index contributed by atoms with van der Waals surface area (Å²) in [6.45, 7) is 1.38. The molecule has 1 atom stereocenters. The van der Waals surface area contributed by atoms with Crippen LogP contribution in [0, 0.1) is 0 Å². The molecule has 0 fully saturated rings. The molecular formula is C7H12N4O3S. The Morgan fingerprint density at radius 1 is 1.73 bits per heavy atom. The van der Waals surface area contributed by atoms with Crippen molar-refractivity contribution >= 4 is 17.7 Å². The minimum Gasteiger partial charge on any atom is -0.467 e. The monoisotopic (exact) mass is 232 g/mol. The van der Waals surface area contributed by atoms with E-state index >= 15 is 0 Å². The number of thioether (sulfide) groups is 1. The van der Waals surface area contributed by atoms with Crippen LogP contribution < -0.4 is 0 Å². The quantitative estimate of drug-likeness (QED) is 0.538. The Morgan fingerprint density at radius 3 is 2.87 bits per heavy atom. The van der Waals surface area contributed by atoms with E-state index in [-0.39, 0.29) is 5.75 Å². The molecule has 0 spiro atoms. The van der Waals surface area contributed by atoms with E-state index in [1.54, 1.807) is 7.05 Å². The van der Waals surface area contributed by atoms with Crippen molar-refractivity contribution in [2.24, 2.45) is 7.05 Å². The lowest BCUT2D eigenvalue weighted by Crippen LogP contribution is -2.38. The third-order valence-electron chi connectivity index (χ3n) is 1.69. The molecule has 7 nitrogen and oxygen atoms in total. The molecular weight excluding hydrogens is 220 g/mol. The minimum absolute atomic E-state index is 0.133. The molecule has 1 aromatic rings. The number of aryl methyl sites for hydroxylation is 1. The normalized spacial score (nSPS) is 14.7. The number of carbonyl (C=O) groups is 1. The zero-order valence-corrected chi connectivity index (χ0v) is 9.48. The van der Waals surface area contributed by atoms with Crippen LogP contribution in [0.3, 0.4) is 0 Å². The highest BCUT2D eigenvalue weighted by atomic mass is 32.2. The molecule has 0 amide bonds. The molecule has 84 valence electrons. The van der Waals surface area contributed by atoms with Gasteiger partial charge in [-0.25, -0.2) is 9.48 Å². The predicted octanol–water partition coefficient (Wildman–Crippen LogP) is -0.774. The highest BCUT2D eigenvalue weighted by Crippen LogP contribution is 2.20. The second-order valence-corrected chi connectivity index (χ2v) is 4.08. The minimum atomic E-state index is -1.54. The molecule has 1 heterocycles. The summed E-state index contributed by atoms with van der Waals surface area (Å²) < 4.78 is 5.91. The number of rotatable bonds is 4. The first-order chi connectivity index (χ1) is 6.97. The van der Waals surface area contributed by atoms with Crippen molar-refractivity contribution in [1.29, 1.82) is 0 Å². The van der Waals surface area contributed by atoms with Crippen molar-refractivity contribution in [2.75, 3.05) is 12.9 Å². The van der Waals surface area contributed by atoms with Gasteiger partial charge in [-0.15, -0.1) is 5.10 Å². The van der Waals surface area contributed by atoms with E-state index in [1.165, 1.54) is 30.5 Å². The standard InChI is InChI=1S/C7H12N4O3S/c1-7(13,5(12)14-3)4-15-6-8-9-10-11(6)2/h13H,4H2,1-3H3. The Bertz CT molecular complexity index is 352. The predicted molar refractivity (Wildman–Crippen MR) is 52.2 cm³/mol. The number of hydrogen-bond donors (Lipinski definition) is 1. The van der Waals surface area contributed by atoms with Gasteiger partial charge >= 0.3 is 5.97 Å². The third-order valence-corrected chi connectivity index (χ3v) is 3.00. The van der Waals surface area contributed by atoms with Gasteiger partial charge in [0.05, 0.1) is 7.11 Å². The van der Waals surface area contributed by atoms with Crippen LogP contribution in [0.5, 0.6) is 0 Å². The summed E-state index contributed by atoms with van der Waals surface area (Å²) in [6.07, 6.45) is 0. The van der Waals surface area contributed by atoms with Gasteiger partial charge in [0.1, 0.15) is 0 Å². The number of esters is 1. The maximum absolute atomic E-state index is 11.1. The Kier molecular flexibility index (Phi) is 3.64. The van der Waals surface area contributed by atoms with E-state index in [2.05, 4.69) is 20.3 Å². The van der Waals surface area contributed by atoms with E-state index in [0.29, 0.717) is 5.16 Å². The highest BCUT2D eigenvalue weighted by molar-refractivity contribution is 7.99. The van der Waals surface area contributed by atoms with Gasteiger partial charge in [-0.3, -0.25) is 0 Å². The van der Waals surface area contributed by atoms with Crippen LogP contribution in [0.15, 0.2) is 5.16 Å². The van der Waals surface area contributed by atoms with E-state index < -0.39 is 11.6 Å². The molecule has 0 radical (unpaired) electrons. The number of methoxy groups -OCH3 is 1. The topological polar surface area (TPSA) is 90.1 Å². The van der Waals surface area contributed by atoms with Crippen molar-refractivity contribution in [1.82, 2.24) is 20.2 Å². The van der Waals surface area contributed by atoms with Gasteiger partial charge in [0.25, 0.3) is 0 Å².